The largest absolute Gasteiger partial charge is 0.0885 e. The minimum absolute atomic E-state index is 1.02. The van der Waals surface area contributed by atoms with E-state index in [0.29, 0.717) is 0 Å². The van der Waals surface area contributed by atoms with Crippen LogP contribution in [0.15, 0.2) is 12.2 Å². The molecule has 1 rings (SSSR count). The number of allylic oxidation sites excluding steroid dienone is 2. The molecule has 0 saturated carbocycles. The van der Waals surface area contributed by atoms with Crippen LogP contribution in [0.2, 0.25) is 23.7 Å². The van der Waals surface area contributed by atoms with E-state index in [1.165, 1.54) is 57.8 Å². The summed E-state index contributed by atoms with van der Waals surface area (Å²) < 4.78 is 0. The van der Waals surface area contributed by atoms with Crippen LogP contribution in [0.3, 0.4) is 0 Å². The fourth-order valence-electron chi connectivity index (χ4n) is 3.84. The molecule has 0 amide bonds. The van der Waals surface area contributed by atoms with Gasteiger partial charge in [0.15, 0.2) is 0 Å². The first-order valence-electron chi connectivity index (χ1n) is 8.95. The third kappa shape index (κ3) is 5.45. The van der Waals surface area contributed by atoms with E-state index in [-0.39, 0.29) is 0 Å². The molecule has 1 aliphatic rings. The van der Waals surface area contributed by atoms with E-state index in [1.54, 1.807) is 18.1 Å². The van der Waals surface area contributed by atoms with E-state index in [2.05, 4.69) is 32.9 Å². The summed E-state index contributed by atoms with van der Waals surface area (Å²) in [6.45, 7) is 7.11. The maximum absolute atomic E-state index is 2.65. The summed E-state index contributed by atoms with van der Waals surface area (Å²) in [4.78, 5) is 0. The number of rotatable bonds is 10. The van der Waals surface area contributed by atoms with Crippen LogP contribution in [-0.4, -0.2) is 8.07 Å². The molecule has 0 radical (unpaired) electrons. The highest BCUT2D eigenvalue weighted by Crippen LogP contribution is 2.43. The number of hydrogen-bond donors (Lipinski definition) is 0. The predicted molar refractivity (Wildman–Crippen MR) is 91.6 cm³/mol. The maximum atomic E-state index is 2.65. The van der Waals surface area contributed by atoms with Gasteiger partial charge in [-0.2, -0.15) is 0 Å². The predicted octanol–water partition coefficient (Wildman–Crippen LogP) is 6.95. The molecule has 0 nitrogen and oxygen atoms in total. The zero-order valence-corrected chi connectivity index (χ0v) is 14.7. The lowest BCUT2D eigenvalue weighted by Gasteiger charge is -2.40. The minimum Gasteiger partial charge on any atom is -0.0885 e. The Morgan fingerprint density at radius 2 is 1.42 bits per heavy atom. The fraction of sp³-hybridized carbons (Fsp3) is 0.889. The molecular formula is C18H36Si. The Balaban J connectivity index is 2.79. The smallest absolute Gasteiger partial charge is 0.0605 e. The van der Waals surface area contributed by atoms with Gasteiger partial charge >= 0.3 is 0 Å². The van der Waals surface area contributed by atoms with Crippen molar-refractivity contribution in [3.8, 4) is 0 Å². The molecule has 0 aromatic carbocycles. The Kier molecular flexibility index (Phi) is 8.77. The monoisotopic (exact) mass is 280 g/mol. The maximum Gasteiger partial charge on any atom is 0.0605 e. The Hall–Kier alpha value is -0.0431. The zero-order valence-electron chi connectivity index (χ0n) is 13.7. The Morgan fingerprint density at radius 3 is 1.79 bits per heavy atom. The second kappa shape index (κ2) is 9.80. The van der Waals surface area contributed by atoms with Gasteiger partial charge in [-0.1, -0.05) is 89.6 Å². The number of unbranched alkanes of at least 4 members (excludes halogenated alkanes) is 3. The molecule has 0 spiro atoms. The van der Waals surface area contributed by atoms with Crippen LogP contribution in [0, 0.1) is 0 Å². The summed E-state index contributed by atoms with van der Waals surface area (Å²) in [5, 5.41) is 0. The van der Waals surface area contributed by atoms with Crippen molar-refractivity contribution in [1.82, 2.24) is 0 Å². The average Bonchev–Trinajstić information content (AvgIpc) is 2.48. The van der Waals surface area contributed by atoms with E-state index in [9.17, 15) is 0 Å². The summed E-state index contributed by atoms with van der Waals surface area (Å²) in [7, 11) is -1.04. The molecule has 112 valence electrons. The van der Waals surface area contributed by atoms with Gasteiger partial charge in [0.1, 0.15) is 0 Å². The molecule has 0 aromatic heterocycles. The van der Waals surface area contributed by atoms with Crippen molar-refractivity contribution in [2.75, 3.05) is 0 Å². The Labute approximate surface area is 123 Å². The van der Waals surface area contributed by atoms with Crippen molar-refractivity contribution >= 4 is 8.07 Å². The van der Waals surface area contributed by atoms with Gasteiger partial charge in [0.25, 0.3) is 0 Å². The quantitative estimate of drug-likeness (QED) is 0.300. The Bertz CT molecular complexity index is 222. The van der Waals surface area contributed by atoms with Gasteiger partial charge in [-0.15, -0.1) is 0 Å². The van der Waals surface area contributed by atoms with Crippen molar-refractivity contribution in [1.29, 1.82) is 0 Å². The highest BCUT2D eigenvalue weighted by molar-refractivity contribution is 6.81. The molecule has 0 bridgehead atoms. The van der Waals surface area contributed by atoms with Gasteiger partial charge in [-0.05, 0) is 24.8 Å². The van der Waals surface area contributed by atoms with Gasteiger partial charge in [0.05, 0.1) is 8.07 Å². The summed E-state index contributed by atoms with van der Waals surface area (Å²) in [5.74, 6) is 0. The van der Waals surface area contributed by atoms with Gasteiger partial charge < -0.3 is 0 Å². The minimum atomic E-state index is -1.04. The van der Waals surface area contributed by atoms with Gasteiger partial charge in [-0.3, -0.25) is 0 Å². The zero-order chi connectivity index (χ0) is 14.0. The van der Waals surface area contributed by atoms with E-state index in [1.807, 2.05) is 0 Å². The standard InChI is InChI=1S/C18H36Si/c1-4-7-15-19(16-8-5-2,17-9-6-3)18-13-11-10-12-14-18/h11,13,18H,4-10,12,14-17H2,1-3H3. The lowest BCUT2D eigenvalue weighted by Crippen LogP contribution is -2.39. The molecule has 0 aliphatic heterocycles. The van der Waals surface area contributed by atoms with Crippen LogP contribution < -0.4 is 0 Å². The second-order valence-corrected chi connectivity index (χ2v) is 11.6. The van der Waals surface area contributed by atoms with Crippen molar-refractivity contribution in [3.05, 3.63) is 12.2 Å². The van der Waals surface area contributed by atoms with E-state index >= 15 is 0 Å². The summed E-state index contributed by atoms with van der Waals surface area (Å²) in [5.41, 5.74) is 1.02. The molecular weight excluding hydrogens is 244 g/mol. The molecule has 0 heterocycles. The molecule has 1 aliphatic carbocycles. The Morgan fingerprint density at radius 1 is 0.895 bits per heavy atom. The van der Waals surface area contributed by atoms with Crippen molar-refractivity contribution in [2.45, 2.75) is 102 Å². The molecule has 0 saturated heterocycles. The van der Waals surface area contributed by atoms with Crippen molar-refractivity contribution < 1.29 is 0 Å². The van der Waals surface area contributed by atoms with Crippen LogP contribution >= 0.6 is 0 Å². The third-order valence-corrected chi connectivity index (χ3v) is 11.2. The normalized spacial score (nSPS) is 19.8. The van der Waals surface area contributed by atoms with E-state index in [0.717, 1.165) is 5.54 Å². The van der Waals surface area contributed by atoms with Gasteiger partial charge in [0, 0.05) is 0 Å². The second-order valence-electron chi connectivity index (χ2n) is 6.64. The van der Waals surface area contributed by atoms with Crippen LogP contribution in [0.25, 0.3) is 0 Å². The van der Waals surface area contributed by atoms with E-state index < -0.39 is 8.07 Å². The van der Waals surface area contributed by atoms with Crippen molar-refractivity contribution in [3.63, 3.8) is 0 Å². The molecule has 1 unspecified atom stereocenters. The fourth-order valence-corrected chi connectivity index (χ4v) is 10.2. The van der Waals surface area contributed by atoms with Crippen molar-refractivity contribution in [2.24, 2.45) is 0 Å². The summed E-state index contributed by atoms with van der Waals surface area (Å²) >= 11 is 0. The lowest BCUT2D eigenvalue weighted by atomic mass is 10.1. The topological polar surface area (TPSA) is 0 Å². The van der Waals surface area contributed by atoms with Crippen LogP contribution in [-0.2, 0) is 0 Å². The first-order chi connectivity index (χ1) is 9.29. The van der Waals surface area contributed by atoms with Crippen LogP contribution in [0.5, 0.6) is 0 Å². The first kappa shape index (κ1) is 17.0. The third-order valence-electron chi connectivity index (χ3n) is 5.13. The molecule has 0 N–H and O–H groups in total. The average molecular weight is 281 g/mol. The highest BCUT2D eigenvalue weighted by atomic mass is 28.3. The summed E-state index contributed by atoms with van der Waals surface area (Å²) in [6.07, 6.45) is 18.1. The van der Waals surface area contributed by atoms with Gasteiger partial charge in [0.2, 0.25) is 0 Å². The summed E-state index contributed by atoms with van der Waals surface area (Å²) in [6, 6.07) is 4.83. The molecule has 19 heavy (non-hydrogen) atoms. The lowest BCUT2D eigenvalue weighted by molar-refractivity contribution is 0.679. The van der Waals surface area contributed by atoms with Crippen LogP contribution in [0.1, 0.15) is 78.6 Å². The van der Waals surface area contributed by atoms with Gasteiger partial charge in [-0.25, -0.2) is 0 Å². The van der Waals surface area contributed by atoms with Crippen LogP contribution in [0.4, 0.5) is 0 Å². The molecule has 1 heteroatoms. The first-order valence-corrected chi connectivity index (χ1v) is 11.7. The van der Waals surface area contributed by atoms with E-state index in [4.69, 9.17) is 0 Å². The number of hydrogen-bond acceptors (Lipinski definition) is 0. The SMILES string of the molecule is CCCC[Si](CCCC)(CCCC)C1C=CCCC1. The molecule has 1 atom stereocenters. The molecule has 0 fully saturated rings. The highest BCUT2D eigenvalue weighted by Gasteiger charge is 2.37. The molecule has 0 aromatic rings.